The lowest BCUT2D eigenvalue weighted by Crippen LogP contribution is -2.29. The minimum Gasteiger partial charge on any atom is -0.494 e. The topological polar surface area (TPSA) is 59.0 Å². The summed E-state index contributed by atoms with van der Waals surface area (Å²) in [5.41, 5.74) is 0.925. The van der Waals surface area contributed by atoms with Gasteiger partial charge in [0.2, 0.25) is 0 Å². The summed E-state index contributed by atoms with van der Waals surface area (Å²) in [7, 11) is 3.84. The highest BCUT2D eigenvalue weighted by Crippen LogP contribution is 2.28. The van der Waals surface area contributed by atoms with Crippen LogP contribution in [0.2, 0.25) is 0 Å². The number of hydrogen-bond donors (Lipinski definition) is 1. The Bertz CT molecular complexity index is 1100. The zero-order chi connectivity index (χ0) is 38.5. The molecule has 0 aliphatic heterocycles. The first-order chi connectivity index (χ1) is 26.0. The molecule has 1 N–H and O–H groups in total. The van der Waals surface area contributed by atoms with Gasteiger partial charge in [0.15, 0.2) is 0 Å². The summed E-state index contributed by atoms with van der Waals surface area (Å²) >= 11 is 0. The van der Waals surface area contributed by atoms with Gasteiger partial charge in [-0.3, -0.25) is 4.79 Å². The Morgan fingerprint density at radius 2 is 1.04 bits per heavy atom. The molecule has 0 heterocycles. The van der Waals surface area contributed by atoms with Gasteiger partial charge >= 0.3 is 5.97 Å². The van der Waals surface area contributed by atoms with Gasteiger partial charge in [0.25, 0.3) is 0 Å². The quantitative estimate of drug-likeness (QED) is 0.0545. The number of aliphatic carboxylic acids is 1. The first-order valence-corrected chi connectivity index (χ1v) is 21.8. The third kappa shape index (κ3) is 30.3. The van der Waals surface area contributed by atoms with Crippen LogP contribution in [0.4, 0.5) is 0 Å². The van der Waals surface area contributed by atoms with Gasteiger partial charge in [0, 0.05) is 6.54 Å². The van der Waals surface area contributed by atoms with Crippen molar-refractivity contribution in [3.05, 3.63) is 72.4 Å². The van der Waals surface area contributed by atoms with E-state index in [0.29, 0.717) is 26.2 Å². The van der Waals surface area contributed by atoms with Gasteiger partial charge in [0.05, 0.1) is 19.1 Å². The van der Waals surface area contributed by atoms with E-state index in [1.807, 2.05) is 37.2 Å². The molecule has 0 saturated heterocycles. The first kappa shape index (κ1) is 48.2. The molecule has 0 bridgehead atoms. The molecule has 1 aromatic carbocycles. The van der Waals surface area contributed by atoms with Crippen molar-refractivity contribution in [3.8, 4) is 11.5 Å². The van der Waals surface area contributed by atoms with Gasteiger partial charge < -0.3 is 19.5 Å². The molecule has 1 unspecified atom stereocenters. The molecule has 0 aliphatic carbocycles. The van der Waals surface area contributed by atoms with Crippen LogP contribution in [0, 0.1) is 5.92 Å². The molecule has 1 aromatic rings. The van der Waals surface area contributed by atoms with Crippen molar-refractivity contribution < 1.29 is 19.4 Å². The Morgan fingerprint density at radius 3 is 1.49 bits per heavy atom. The fourth-order valence-electron chi connectivity index (χ4n) is 6.43. The third-order valence-electron chi connectivity index (χ3n) is 9.65. The second-order valence-electron chi connectivity index (χ2n) is 15.1. The van der Waals surface area contributed by atoms with E-state index < -0.39 is 11.9 Å². The van der Waals surface area contributed by atoms with Crippen molar-refractivity contribution in [2.24, 2.45) is 5.92 Å². The van der Waals surface area contributed by atoms with Gasteiger partial charge in [-0.15, -0.1) is 0 Å². The molecule has 0 aliphatic rings. The second kappa shape index (κ2) is 36.2. The number of rotatable bonds is 37. The van der Waals surface area contributed by atoms with E-state index in [0.717, 1.165) is 49.2 Å². The molecule has 0 saturated carbocycles. The van der Waals surface area contributed by atoms with Crippen LogP contribution < -0.4 is 9.47 Å². The second-order valence-corrected chi connectivity index (χ2v) is 15.1. The van der Waals surface area contributed by atoms with Crippen LogP contribution in [-0.4, -0.2) is 49.8 Å². The number of carbonyl (C=O) groups is 1. The van der Waals surface area contributed by atoms with Crippen LogP contribution in [0.1, 0.15) is 174 Å². The van der Waals surface area contributed by atoms with Crippen LogP contribution in [0.15, 0.2) is 66.8 Å². The fraction of sp³-hybridized carbons (Fsp3) is 0.688. The smallest absolute Gasteiger partial charge is 0.308 e. The lowest BCUT2D eigenvalue weighted by Gasteiger charge is -2.20. The highest BCUT2D eigenvalue weighted by atomic mass is 16.5. The van der Waals surface area contributed by atoms with Crippen molar-refractivity contribution in [3.63, 3.8) is 0 Å². The van der Waals surface area contributed by atoms with Crippen LogP contribution >= 0.6 is 0 Å². The normalized spacial score (nSPS) is 12.7. The first-order valence-electron chi connectivity index (χ1n) is 21.8. The SMILES string of the molecule is CCCCC/C=C\C/C=C\CCCCCCCCOc1ccc(OCCCCCCCC/C=C\C/C=C\CCCCC)c(CC(CN(C)C)C(=O)O)c1. The molecule has 0 amide bonds. The lowest BCUT2D eigenvalue weighted by molar-refractivity contribution is -0.142. The van der Waals surface area contributed by atoms with E-state index in [4.69, 9.17) is 9.47 Å². The van der Waals surface area contributed by atoms with E-state index in [9.17, 15) is 9.90 Å². The summed E-state index contributed by atoms with van der Waals surface area (Å²) in [6.45, 7) is 6.32. The molecule has 53 heavy (non-hydrogen) atoms. The van der Waals surface area contributed by atoms with E-state index in [2.05, 4.69) is 62.5 Å². The zero-order valence-electron chi connectivity index (χ0n) is 34.8. The summed E-state index contributed by atoms with van der Waals surface area (Å²) < 4.78 is 12.4. The van der Waals surface area contributed by atoms with Crippen LogP contribution in [0.25, 0.3) is 0 Å². The Labute approximate surface area is 327 Å². The maximum absolute atomic E-state index is 12.1. The number of allylic oxidation sites excluding steroid dienone is 8. The summed E-state index contributed by atoms with van der Waals surface area (Å²) in [4.78, 5) is 14.0. The Kier molecular flexibility index (Phi) is 32.9. The predicted molar refractivity (Wildman–Crippen MR) is 230 cm³/mol. The molecular formula is C48H81NO4. The van der Waals surface area contributed by atoms with E-state index in [-0.39, 0.29) is 0 Å². The average Bonchev–Trinajstić information content (AvgIpc) is 3.14. The van der Waals surface area contributed by atoms with Gasteiger partial charge in [-0.2, -0.15) is 0 Å². The Morgan fingerprint density at radius 1 is 0.604 bits per heavy atom. The zero-order valence-corrected chi connectivity index (χ0v) is 34.8. The number of unbranched alkanes of at least 4 members (excludes halogenated alkanes) is 18. The summed E-state index contributed by atoms with van der Waals surface area (Å²) in [5, 5.41) is 9.93. The molecule has 0 aromatic heterocycles. The number of ether oxygens (including phenoxy) is 2. The van der Waals surface area contributed by atoms with Crippen molar-refractivity contribution >= 4 is 5.97 Å². The van der Waals surface area contributed by atoms with Crippen LogP contribution in [0.5, 0.6) is 11.5 Å². The average molecular weight is 736 g/mol. The number of nitrogens with zero attached hydrogens (tertiary/aromatic N) is 1. The number of carboxylic acids is 1. The van der Waals surface area contributed by atoms with Crippen LogP contribution in [-0.2, 0) is 11.2 Å². The molecule has 302 valence electrons. The largest absolute Gasteiger partial charge is 0.494 e. The molecule has 1 rings (SSSR count). The molecular weight excluding hydrogens is 655 g/mol. The molecule has 5 heteroatoms. The van der Waals surface area contributed by atoms with Crippen molar-refractivity contribution in [1.82, 2.24) is 4.90 Å². The lowest BCUT2D eigenvalue weighted by atomic mass is 9.98. The highest BCUT2D eigenvalue weighted by molar-refractivity contribution is 5.71. The van der Waals surface area contributed by atoms with Crippen LogP contribution in [0.3, 0.4) is 0 Å². The number of hydrogen-bond acceptors (Lipinski definition) is 4. The number of benzene rings is 1. The minimum atomic E-state index is -0.776. The summed E-state index contributed by atoms with van der Waals surface area (Å²) in [6, 6.07) is 5.97. The highest BCUT2D eigenvalue weighted by Gasteiger charge is 2.21. The van der Waals surface area contributed by atoms with E-state index >= 15 is 0 Å². The van der Waals surface area contributed by atoms with Gasteiger partial charge in [-0.25, -0.2) is 0 Å². The van der Waals surface area contributed by atoms with Crippen molar-refractivity contribution in [2.45, 2.75) is 174 Å². The van der Waals surface area contributed by atoms with Crippen molar-refractivity contribution in [2.75, 3.05) is 33.9 Å². The van der Waals surface area contributed by atoms with Gasteiger partial charge in [-0.1, -0.05) is 140 Å². The monoisotopic (exact) mass is 736 g/mol. The maximum atomic E-state index is 12.1. The van der Waals surface area contributed by atoms with E-state index in [1.54, 1.807) is 0 Å². The minimum absolute atomic E-state index is 0.425. The molecule has 0 spiro atoms. The van der Waals surface area contributed by atoms with Gasteiger partial charge in [0.1, 0.15) is 11.5 Å². The molecule has 0 fully saturated rings. The predicted octanol–water partition coefficient (Wildman–Crippen LogP) is 13.9. The standard InChI is InChI=1S/C48H81NO4/c1-5-7-9-11-13-15-17-19-21-23-25-27-29-31-33-35-39-52-46-37-38-47(44(42-46)41-45(48(50)51)43-49(3)4)53-40-36-34-32-30-28-26-24-22-20-18-16-14-12-10-8-6-2/h13-16,19-22,37-38,42,45H,5-12,17-18,23-36,39-41,43H2,1-4H3,(H,50,51)/b15-13-,16-14-,21-19-,22-20-. The summed E-state index contributed by atoms with van der Waals surface area (Å²) in [5.74, 6) is 0.316. The maximum Gasteiger partial charge on any atom is 0.308 e. The Balaban J connectivity index is 2.34. The van der Waals surface area contributed by atoms with Gasteiger partial charge in [-0.05, 0) is 121 Å². The summed E-state index contributed by atoms with van der Waals surface area (Å²) in [6.07, 6.45) is 48.3. The molecule has 5 nitrogen and oxygen atoms in total. The van der Waals surface area contributed by atoms with E-state index in [1.165, 1.54) is 122 Å². The molecule has 1 atom stereocenters. The molecule has 0 radical (unpaired) electrons. The Hall–Kier alpha value is -2.79. The third-order valence-corrected chi connectivity index (χ3v) is 9.65. The number of carboxylic acid groups (broad SMARTS) is 1. The fourth-order valence-corrected chi connectivity index (χ4v) is 6.43. The van der Waals surface area contributed by atoms with Crippen molar-refractivity contribution in [1.29, 1.82) is 0 Å².